The van der Waals surface area contributed by atoms with Gasteiger partial charge in [-0.15, -0.1) is 0 Å². The van der Waals surface area contributed by atoms with Crippen LogP contribution in [0.1, 0.15) is 34.8 Å². The highest BCUT2D eigenvalue weighted by Crippen LogP contribution is 2.32. The Hall–Kier alpha value is -1.78. The fourth-order valence-corrected chi connectivity index (χ4v) is 1.47. The van der Waals surface area contributed by atoms with Gasteiger partial charge in [0.05, 0.1) is 5.56 Å². The Morgan fingerprint density at radius 3 is 2.61 bits per heavy atom. The van der Waals surface area contributed by atoms with Crippen LogP contribution in [0.4, 0.5) is 13.2 Å². The van der Waals surface area contributed by atoms with Crippen molar-refractivity contribution in [2.75, 3.05) is 6.54 Å². The van der Waals surface area contributed by atoms with E-state index in [1.807, 2.05) is 6.92 Å². The molecule has 1 aromatic rings. The molecule has 0 radical (unpaired) electrons. The second-order valence-corrected chi connectivity index (χ2v) is 3.76. The predicted octanol–water partition coefficient (Wildman–Crippen LogP) is 3.49. The number of hydrogen-bond donors (Lipinski definition) is 1. The molecule has 0 saturated heterocycles. The molecule has 2 nitrogen and oxygen atoms in total. The molecule has 0 spiro atoms. The van der Waals surface area contributed by atoms with Crippen molar-refractivity contribution >= 4 is 12.0 Å². The van der Waals surface area contributed by atoms with Gasteiger partial charge in [-0.3, -0.25) is 4.79 Å². The van der Waals surface area contributed by atoms with Crippen LogP contribution in [-0.4, -0.2) is 12.5 Å². The molecule has 18 heavy (non-hydrogen) atoms. The van der Waals surface area contributed by atoms with Gasteiger partial charge in [0, 0.05) is 12.1 Å². The number of benzene rings is 1. The maximum absolute atomic E-state index is 12.6. The van der Waals surface area contributed by atoms with Gasteiger partial charge in [0.2, 0.25) is 0 Å². The maximum Gasteiger partial charge on any atom is 0.416 e. The summed E-state index contributed by atoms with van der Waals surface area (Å²) < 4.78 is 37.9. The van der Waals surface area contributed by atoms with Crippen LogP contribution in [0.25, 0.3) is 6.08 Å². The average Bonchev–Trinajstić information content (AvgIpc) is 2.33. The van der Waals surface area contributed by atoms with E-state index in [9.17, 15) is 18.0 Å². The minimum absolute atomic E-state index is 0.0911. The Bertz CT molecular complexity index is 452. The summed E-state index contributed by atoms with van der Waals surface area (Å²) in [6.45, 7) is 5.72. The Morgan fingerprint density at radius 1 is 1.44 bits per heavy atom. The fraction of sp³-hybridized carbons (Fsp3) is 0.308. The van der Waals surface area contributed by atoms with Gasteiger partial charge in [-0.05, 0) is 30.2 Å². The monoisotopic (exact) mass is 257 g/mol. The third-order valence-corrected chi connectivity index (χ3v) is 2.37. The van der Waals surface area contributed by atoms with Crippen molar-refractivity contribution in [2.45, 2.75) is 19.5 Å². The third-order valence-electron chi connectivity index (χ3n) is 2.37. The van der Waals surface area contributed by atoms with E-state index in [1.165, 1.54) is 12.1 Å². The van der Waals surface area contributed by atoms with Crippen molar-refractivity contribution in [3.05, 3.63) is 41.5 Å². The van der Waals surface area contributed by atoms with Gasteiger partial charge >= 0.3 is 6.18 Å². The Kier molecular flexibility index (Phi) is 4.53. The number of alkyl halides is 3. The summed E-state index contributed by atoms with van der Waals surface area (Å²) >= 11 is 0. The van der Waals surface area contributed by atoms with Crippen LogP contribution in [0.3, 0.4) is 0 Å². The van der Waals surface area contributed by atoms with Gasteiger partial charge < -0.3 is 5.32 Å². The number of halogens is 3. The zero-order valence-corrected chi connectivity index (χ0v) is 9.97. The van der Waals surface area contributed by atoms with Crippen LogP contribution in [-0.2, 0) is 6.18 Å². The molecule has 98 valence electrons. The van der Waals surface area contributed by atoms with E-state index in [1.54, 1.807) is 0 Å². The summed E-state index contributed by atoms with van der Waals surface area (Å²) in [6, 6.07) is 3.26. The summed E-state index contributed by atoms with van der Waals surface area (Å²) in [6.07, 6.45) is -2.58. The molecule has 0 aliphatic heterocycles. The molecule has 0 bridgehead atoms. The number of nitrogens with one attached hydrogen (secondary N) is 1. The van der Waals surface area contributed by atoms with E-state index in [4.69, 9.17) is 0 Å². The van der Waals surface area contributed by atoms with Gasteiger partial charge in [0.1, 0.15) is 0 Å². The standard InChI is InChI=1S/C13H14F3NO/c1-3-7-17-12(18)10-5-6-11(13(14,15)16)9(4-2)8-10/h4-6,8H,2-3,7H2,1H3,(H,17,18). The normalized spacial score (nSPS) is 11.1. The first-order valence-corrected chi connectivity index (χ1v) is 5.52. The lowest BCUT2D eigenvalue weighted by Crippen LogP contribution is -2.24. The van der Waals surface area contributed by atoms with E-state index in [-0.39, 0.29) is 17.0 Å². The first-order valence-electron chi connectivity index (χ1n) is 5.52. The summed E-state index contributed by atoms with van der Waals surface area (Å²) in [4.78, 5) is 11.6. The molecular weight excluding hydrogens is 243 g/mol. The van der Waals surface area contributed by atoms with E-state index in [0.29, 0.717) is 6.54 Å². The van der Waals surface area contributed by atoms with Crippen LogP contribution in [0.2, 0.25) is 0 Å². The molecule has 0 fully saturated rings. The van der Waals surface area contributed by atoms with Crippen LogP contribution in [0.15, 0.2) is 24.8 Å². The molecule has 0 atom stereocenters. The maximum atomic E-state index is 12.6. The topological polar surface area (TPSA) is 29.1 Å². The summed E-state index contributed by atoms with van der Waals surface area (Å²) in [5, 5.41) is 2.60. The van der Waals surface area contributed by atoms with E-state index in [2.05, 4.69) is 11.9 Å². The van der Waals surface area contributed by atoms with E-state index >= 15 is 0 Å². The molecule has 5 heteroatoms. The first kappa shape index (κ1) is 14.3. The van der Waals surface area contributed by atoms with Gasteiger partial charge in [-0.2, -0.15) is 13.2 Å². The largest absolute Gasteiger partial charge is 0.416 e. The zero-order valence-electron chi connectivity index (χ0n) is 9.97. The summed E-state index contributed by atoms with van der Waals surface area (Å²) in [5.41, 5.74) is -0.678. The van der Waals surface area contributed by atoms with Gasteiger partial charge in [0.25, 0.3) is 5.91 Å². The molecule has 0 aliphatic rings. The highest BCUT2D eigenvalue weighted by molar-refractivity contribution is 5.94. The quantitative estimate of drug-likeness (QED) is 0.879. The fourth-order valence-electron chi connectivity index (χ4n) is 1.47. The molecule has 1 aromatic carbocycles. The molecular formula is C13H14F3NO. The lowest BCUT2D eigenvalue weighted by atomic mass is 10.0. The van der Waals surface area contributed by atoms with Crippen LogP contribution in [0.5, 0.6) is 0 Å². The van der Waals surface area contributed by atoms with Crippen molar-refractivity contribution < 1.29 is 18.0 Å². The van der Waals surface area contributed by atoms with Gasteiger partial charge in [0.15, 0.2) is 0 Å². The van der Waals surface area contributed by atoms with Crippen molar-refractivity contribution in [3.63, 3.8) is 0 Å². The van der Waals surface area contributed by atoms with Crippen molar-refractivity contribution in [1.82, 2.24) is 5.32 Å². The van der Waals surface area contributed by atoms with Gasteiger partial charge in [-0.1, -0.05) is 19.6 Å². The number of amides is 1. The van der Waals surface area contributed by atoms with Crippen molar-refractivity contribution in [2.24, 2.45) is 0 Å². The smallest absolute Gasteiger partial charge is 0.352 e. The summed E-state index contributed by atoms with van der Waals surface area (Å²) in [5.74, 6) is -0.381. The minimum atomic E-state index is -4.44. The molecule has 1 amide bonds. The van der Waals surface area contributed by atoms with E-state index < -0.39 is 11.7 Å². The molecule has 0 aliphatic carbocycles. The van der Waals surface area contributed by atoms with Crippen LogP contribution in [0, 0.1) is 0 Å². The Balaban J connectivity index is 3.06. The molecule has 0 aromatic heterocycles. The predicted molar refractivity (Wildman–Crippen MR) is 64.2 cm³/mol. The molecule has 1 N–H and O–H groups in total. The Labute approximate surface area is 104 Å². The lowest BCUT2D eigenvalue weighted by molar-refractivity contribution is -0.137. The SMILES string of the molecule is C=Cc1cc(C(=O)NCCC)ccc1C(F)(F)F. The second kappa shape index (κ2) is 5.71. The zero-order chi connectivity index (χ0) is 13.8. The van der Waals surface area contributed by atoms with Gasteiger partial charge in [-0.25, -0.2) is 0 Å². The first-order chi connectivity index (χ1) is 8.40. The highest BCUT2D eigenvalue weighted by Gasteiger charge is 2.32. The number of carbonyl (C=O) groups excluding carboxylic acids is 1. The molecule has 0 saturated carbocycles. The third kappa shape index (κ3) is 3.35. The van der Waals surface area contributed by atoms with Crippen molar-refractivity contribution in [3.8, 4) is 0 Å². The van der Waals surface area contributed by atoms with E-state index in [0.717, 1.165) is 18.6 Å². The molecule has 0 unspecified atom stereocenters. The highest BCUT2D eigenvalue weighted by atomic mass is 19.4. The average molecular weight is 257 g/mol. The number of rotatable bonds is 4. The molecule has 0 heterocycles. The lowest BCUT2D eigenvalue weighted by Gasteiger charge is -2.12. The summed E-state index contributed by atoms with van der Waals surface area (Å²) in [7, 11) is 0. The Morgan fingerprint density at radius 2 is 2.11 bits per heavy atom. The second-order valence-electron chi connectivity index (χ2n) is 3.76. The van der Waals surface area contributed by atoms with Crippen LogP contribution >= 0.6 is 0 Å². The molecule has 1 rings (SSSR count). The van der Waals surface area contributed by atoms with Crippen LogP contribution < -0.4 is 5.32 Å². The van der Waals surface area contributed by atoms with Crippen molar-refractivity contribution in [1.29, 1.82) is 0 Å². The number of carbonyl (C=O) groups is 1. The number of hydrogen-bond acceptors (Lipinski definition) is 1. The minimum Gasteiger partial charge on any atom is -0.352 e.